The zero-order chi connectivity index (χ0) is 22.7. The molecule has 6 nitrogen and oxygen atoms in total. The standard InChI is InChI=1S/C26H33NO5/c1-16-23(26(29)32-17-9-6-4-5-7-10-17)24(25-20(27-16)11-8-12-21(25)28)19-15-18(30-2)13-14-22(19)31-3/h13-15,17,24-25H,4-12H2,1-3H3/t24-,25-/m1/s1. The summed E-state index contributed by atoms with van der Waals surface area (Å²) in [5, 5.41) is 0. The highest BCUT2D eigenvalue weighted by Gasteiger charge is 2.45. The van der Waals surface area contributed by atoms with Gasteiger partial charge in [0.1, 0.15) is 23.4 Å². The normalized spacial score (nSPS) is 24.3. The molecular weight excluding hydrogens is 406 g/mol. The Hall–Kier alpha value is -2.63. The molecule has 0 radical (unpaired) electrons. The van der Waals surface area contributed by atoms with E-state index in [0.717, 1.165) is 49.8 Å². The number of esters is 1. The van der Waals surface area contributed by atoms with Crippen LogP contribution in [0, 0.1) is 5.92 Å². The fourth-order valence-electron chi connectivity index (χ4n) is 5.38. The summed E-state index contributed by atoms with van der Waals surface area (Å²) in [7, 11) is 3.21. The lowest BCUT2D eigenvalue weighted by atomic mass is 9.69. The van der Waals surface area contributed by atoms with Crippen LogP contribution in [0.2, 0.25) is 0 Å². The summed E-state index contributed by atoms with van der Waals surface area (Å²) >= 11 is 0. The molecule has 3 aliphatic rings. The Kier molecular flexibility index (Phi) is 6.97. The van der Waals surface area contributed by atoms with Crippen molar-refractivity contribution in [2.75, 3.05) is 14.2 Å². The highest BCUT2D eigenvalue weighted by molar-refractivity contribution is 6.11. The summed E-state index contributed by atoms with van der Waals surface area (Å²) in [6, 6.07) is 5.53. The van der Waals surface area contributed by atoms with E-state index in [9.17, 15) is 9.59 Å². The topological polar surface area (TPSA) is 74.2 Å². The van der Waals surface area contributed by atoms with Gasteiger partial charge in [-0.05, 0) is 63.6 Å². The van der Waals surface area contributed by atoms with Gasteiger partial charge >= 0.3 is 5.97 Å². The maximum absolute atomic E-state index is 13.6. The van der Waals surface area contributed by atoms with Crippen LogP contribution in [-0.2, 0) is 14.3 Å². The van der Waals surface area contributed by atoms with Gasteiger partial charge in [-0.3, -0.25) is 9.79 Å². The van der Waals surface area contributed by atoms with Crippen LogP contribution in [-0.4, -0.2) is 37.8 Å². The van der Waals surface area contributed by atoms with E-state index in [1.807, 2.05) is 25.1 Å². The fraction of sp³-hybridized carbons (Fsp3) is 0.577. The van der Waals surface area contributed by atoms with E-state index in [1.54, 1.807) is 14.2 Å². The van der Waals surface area contributed by atoms with E-state index >= 15 is 0 Å². The van der Waals surface area contributed by atoms with Crippen molar-refractivity contribution in [1.29, 1.82) is 0 Å². The Balaban J connectivity index is 1.79. The molecule has 0 amide bonds. The number of hydrogen-bond donors (Lipinski definition) is 0. The van der Waals surface area contributed by atoms with Crippen molar-refractivity contribution >= 4 is 17.5 Å². The molecule has 0 bridgehead atoms. The van der Waals surface area contributed by atoms with Crippen molar-refractivity contribution in [3.63, 3.8) is 0 Å². The molecule has 172 valence electrons. The molecule has 0 saturated heterocycles. The minimum Gasteiger partial charge on any atom is -0.497 e. The monoisotopic (exact) mass is 439 g/mol. The van der Waals surface area contributed by atoms with Crippen molar-refractivity contribution in [3.05, 3.63) is 35.0 Å². The smallest absolute Gasteiger partial charge is 0.336 e. The van der Waals surface area contributed by atoms with Crippen molar-refractivity contribution in [1.82, 2.24) is 0 Å². The lowest BCUT2D eigenvalue weighted by Gasteiger charge is -2.36. The zero-order valence-electron chi connectivity index (χ0n) is 19.3. The van der Waals surface area contributed by atoms with Crippen LogP contribution in [0.15, 0.2) is 34.5 Å². The van der Waals surface area contributed by atoms with Gasteiger partial charge in [0.25, 0.3) is 0 Å². The van der Waals surface area contributed by atoms with Crippen LogP contribution >= 0.6 is 0 Å². The first-order valence-corrected chi connectivity index (χ1v) is 11.8. The molecule has 1 heterocycles. The number of hydrogen-bond acceptors (Lipinski definition) is 6. The number of ether oxygens (including phenoxy) is 3. The molecule has 0 aromatic heterocycles. The Morgan fingerprint density at radius 2 is 1.72 bits per heavy atom. The quantitative estimate of drug-likeness (QED) is 0.468. The van der Waals surface area contributed by atoms with Crippen LogP contribution in [0.3, 0.4) is 0 Å². The molecule has 4 rings (SSSR count). The predicted molar refractivity (Wildman–Crippen MR) is 122 cm³/mol. The fourth-order valence-corrected chi connectivity index (χ4v) is 5.38. The summed E-state index contributed by atoms with van der Waals surface area (Å²) in [5.41, 5.74) is 2.75. The number of nitrogens with zero attached hydrogens (tertiary/aromatic N) is 1. The molecule has 6 heteroatoms. The van der Waals surface area contributed by atoms with Gasteiger partial charge in [-0.15, -0.1) is 0 Å². The molecule has 0 N–H and O–H groups in total. The second-order valence-corrected chi connectivity index (χ2v) is 9.00. The maximum Gasteiger partial charge on any atom is 0.336 e. The van der Waals surface area contributed by atoms with Crippen LogP contribution in [0.1, 0.15) is 76.2 Å². The summed E-state index contributed by atoms with van der Waals surface area (Å²) in [5.74, 6) is 0.0941. The average molecular weight is 440 g/mol. The molecule has 2 saturated carbocycles. The molecule has 2 atom stereocenters. The van der Waals surface area contributed by atoms with E-state index in [0.29, 0.717) is 29.2 Å². The molecule has 2 aliphatic carbocycles. The first-order valence-electron chi connectivity index (χ1n) is 11.8. The van der Waals surface area contributed by atoms with E-state index in [-0.39, 0.29) is 17.9 Å². The molecule has 32 heavy (non-hydrogen) atoms. The van der Waals surface area contributed by atoms with Gasteiger partial charge in [-0.25, -0.2) is 4.79 Å². The van der Waals surface area contributed by atoms with Gasteiger partial charge in [-0.1, -0.05) is 12.8 Å². The number of methoxy groups -OCH3 is 2. The highest BCUT2D eigenvalue weighted by Crippen LogP contribution is 2.47. The van der Waals surface area contributed by atoms with E-state index in [1.165, 1.54) is 12.8 Å². The Labute approximate surface area is 190 Å². The number of Topliss-reactive ketones (excluding diaryl/α,β-unsaturated/α-hetero) is 1. The molecule has 1 aliphatic heterocycles. The van der Waals surface area contributed by atoms with Gasteiger partial charge < -0.3 is 14.2 Å². The first-order chi connectivity index (χ1) is 15.5. The highest BCUT2D eigenvalue weighted by atomic mass is 16.5. The van der Waals surface area contributed by atoms with Gasteiger partial charge in [0.2, 0.25) is 0 Å². The van der Waals surface area contributed by atoms with Crippen molar-refractivity contribution in [2.45, 2.75) is 76.7 Å². The summed E-state index contributed by atoms with van der Waals surface area (Å²) in [6.07, 6.45) is 8.28. The van der Waals surface area contributed by atoms with Gasteiger partial charge in [0.15, 0.2) is 0 Å². The third kappa shape index (κ3) is 4.45. The van der Waals surface area contributed by atoms with Crippen LogP contribution in [0.4, 0.5) is 0 Å². The van der Waals surface area contributed by atoms with E-state index in [2.05, 4.69) is 0 Å². The zero-order valence-corrected chi connectivity index (χ0v) is 19.3. The number of carbonyl (C=O) groups is 2. The Bertz CT molecular complexity index is 940. The largest absolute Gasteiger partial charge is 0.497 e. The SMILES string of the molecule is COc1ccc(OC)c([C@@H]2C(C(=O)OC3CCCCCC3)=C(C)N=C3CCCC(=O)[C@@H]32)c1. The average Bonchev–Trinajstić information content (AvgIpc) is 3.06. The van der Waals surface area contributed by atoms with Gasteiger partial charge in [0, 0.05) is 29.3 Å². The Morgan fingerprint density at radius 1 is 0.969 bits per heavy atom. The minimum atomic E-state index is -0.487. The molecule has 0 unspecified atom stereocenters. The number of benzene rings is 1. The molecular formula is C26H33NO5. The van der Waals surface area contributed by atoms with Crippen LogP contribution in [0.5, 0.6) is 11.5 Å². The number of carbonyl (C=O) groups excluding carboxylic acids is 2. The van der Waals surface area contributed by atoms with Crippen LogP contribution < -0.4 is 9.47 Å². The van der Waals surface area contributed by atoms with E-state index < -0.39 is 11.8 Å². The minimum absolute atomic E-state index is 0.0782. The Morgan fingerprint density at radius 3 is 2.41 bits per heavy atom. The maximum atomic E-state index is 13.6. The molecule has 1 aromatic carbocycles. The lowest BCUT2D eigenvalue weighted by molar-refractivity contribution is -0.145. The molecule has 0 spiro atoms. The number of fused-ring (bicyclic) bond motifs is 1. The number of rotatable bonds is 5. The van der Waals surface area contributed by atoms with Gasteiger partial charge in [-0.2, -0.15) is 0 Å². The second kappa shape index (κ2) is 9.88. The number of allylic oxidation sites excluding steroid dienone is 1. The third-order valence-corrected chi connectivity index (χ3v) is 6.98. The molecule has 1 aromatic rings. The lowest BCUT2D eigenvalue weighted by Crippen LogP contribution is -2.39. The van der Waals surface area contributed by atoms with Crippen LogP contribution in [0.25, 0.3) is 0 Å². The molecule has 2 fully saturated rings. The second-order valence-electron chi connectivity index (χ2n) is 9.00. The predicted octanol–water partition coefficient (Wildman–Crippen LogP) is 5.15. The van der Waals surface area contributed by atoms with Crippen molar-refractivity contribution in [3.8, 4) is 11.5 Å². The third-order valence-electron chi connectivity index (χ3n) is 6.98. The summed E-state index contributed by atoms with van der Waals surface area (Å²) in [6.45, 7) is 1.85. The number of ketones is 1. The van der Waals surface area contributed by atoms with E-state index in [4.69, 9.17) is 19.2 Å². The first kappa shape index (κ1) is 22.6. The van der Waals surface area contributed by atoms with Gasteiger partial charge in [0.05, 0.1) is 25.7 Å². The summed E-state index contributed by atoms with van der Waals surface area (Å²) in [4.78, 5) is 31.5. The summed E-state index contributed by atoms with van der Waals surface area (Å²) < 4.78 is 17.2. The van der Waals surface area contributed by atoms with Crippen molar-refractivity contribution < 1.29 is 23.8 Å². The number of aliphatic imine (C=N–C) groups is 1. The van der Waals surface area contributed by atoms with Crippen molar-refractivity contribution in [2.24, 2.45) is 10.9 Å².